The number of halogens is 1. The zero-order valence-electron chi connectivity index (χ0n) is 15.9. The van der Waals surface area contributed by atoms with Crippen LogP contribution in [0.1, 0.15) is 36.8 Å². The molecule has 1 aliphatic carbocycles. The van der Waals surface area contributed by atoms with Gasteiger partial charge >= 0.3 is 0 Å². The highest BCUT2D eigenvalue weighted by Crippen LogP contribution is 2.32. The van der Waals surface area contributed by atoms with E-state index in [1.165, 1.54) is 11.1 Å². The lowest BCUT2D eigenvalue weighted by Crippen LogP contribution is -2.41. The molecular formula is C23H25ClN2O2. The van der Waals surface area contributed by atoms with Gasteiger partial charge < -0.3 is 10.2 Å². The monoisotopic (exact) mass is 396 g/mol. The van der Waals surface area contributed by atoms with Crippen LogP contribution in [-0.2, 0) is 22.6 Å². The van der Waals surface area contributed by atoms with Crippen LogP contribution in [0.25, 0.3) is 0 Å². The van der Waals surface area contributed by atoms with E-state index in [1.807, 2.05) is 23.1 Å². The van der Waals surface area contributed by atoms with Crippen molar-refractivity contribution in [3.63, 3.8) is 0 Å². The van der Waals surface area contributed by atoms with Gasteiger partial charge in [-0.3, -0.25) is 9.59 Å². The minimum absolute atomic E-state index is 0.0261. The van der Waals surface area contributed by atoms with E-state index in [2.05, 4.69) is 23.5 Å². The zero-order valence-corrected chi connectivity index (χ0v) is 16.6. The van der Waals surface area contributed by atoms with Crippen molar-refractivity contribution < 1.29 is 9.59 Å². The number of hydrogen-bond donors (Lipinski definition) is 1. The third-order valence-electron chi connectivity index (χ3n) is 6.00. The van der Waals surface area contributed by atoms with Gasteiger partial charge in [0.05, 0.1) is 0 Å². The van der Waals surface area contributed by atoms with Crippen molar-refractivity contribution in [1.82, 2.24) is 4.90 Å². The predicted octanol–water partition coefficient (Wildman–Crippen LogP) is 4.67. The van der Waals surface area contributed by atoms with Gasteiger partial charge in [-0.1, -0.05) is 35.9 Å². The van der Waals surface area contributed by atoms with Gasteiger partial charge in [-0.05, 0) is 67.5 Å². The number of carbonyl (C=O) groups excluding carboxylic acids is 2. The molecule has 2 aliphatic rings. The van der Waals surface area contributed by atoms with Crippen molar-refractivity contribution >= 4 is 29.1 Å². The maximum atomic E-state index is 13.0. The first kappa shape index (κ1) is 19.0. The molecule has 0 aromatic heterocycles. The molecule has 0 saturated heterocycles. The minimum Gasteiger partial charge on any atom is -0.338 e. The molecule has 5 heteroatoms. The second-order valence-electron chi connectivity index (χ2n) is 7.82. The number of nitrogens with one attached hydrogen (secondary N) is 1. The summed E-state index contributed by atoms with van der Waals surface area (Å²) in [5.41, 5.74) is 3.38. The van der Waals surface area contributed by atoms with Crippen molar-refractivity contribution in [1.29, 1.82) is 0 Å². The highest BCUT2D eigenvalue weighted by atomic mass is 35.5. The Morgan fingerprint density at radius 3 is 2.25 bits per heavy atom. The van der Waals surface area contributed by atoms with Gasteiger partial charge in [0.1, 0.15) is 0 Å². The van der Waals surface area contributed by atoms with E-state index in [1.54, 1.807) is 12.1 Å². The Balaban J connectivity index is 1.29. The van der Waals surface area contributed by atoms with Crippen LogP contribution in [0.5, 0.6) is 0 Å². The lowest BCUT2D eigenvalue weighted by Gasteiger charge is -2.34. The summed E-state index contributed by atoms with van der Waals surface area (Å²) in [7, 11) is 0. The first-order chi connectivity index (χ1) is 13.6. The first-order valence-corrected chi connectivity index (χ1v) is 10.4. The van der Waals surface area contributed by atoms with E-state index < -0.39 is 0 Å². The molecule has 0 atom stereocenters. The summed E-state index contributed by atoms with van der Waals surface area (Å²) in [6.45, 7) is 1.51. The van der Waals surface area contributed by atoms with E-state index in [4.69, 9.17) is 11.6 Å². The summed E-state index contributed by atoms with van der Waals surface area (Å²) in [4.78, 5) is 27.5. The molecule has 1 fully saturated rings. The zero-order chi connectivity index (χ0) is 19.5. The second kappa shape index (κ2) is 8.36. The summed E-state index contributed by atoms with van der Waals surface area (Å²) in [6.07, 6.45) is 4.03. The fraction of sp³-hybridized carbons (Fsp3) is 0.391. The van der Waals surface area contributed by atoms with Crippen molar-refractivity contribution in [3.8, 4) is 0 Å². The maximum absolute atomic E-state index is 13.0. The Morgan fingerprint density at radius 1 is 0.893 bits per heavy atom. The van der Waals surface area contributed by atoms with Crippen LogP contribution in [0.3, 0.4) is 0 Å². The summed E-state index contributed by atoms with van der Waals surface area (Å²) >= 11 is 5.89. The molecule has 1 N–H and O–H groups in total. The van der Waals surface area contributed by atoms with Crippen LogP contribution in [0, 0.1) is 11.8 Å². The van der Waals surface area contributed by atoms with E-state index in [0.29, 0.717) is 11.6 Å². The fourth-order valence-corrected chi connectivity index (χ4v) is 4.45. The normalized spacial score (nSPS) is 21.7. The van der Waals surface area contributed by atoms with Crippen LogP contribution in [0.4, 0.5) is 5.69 Å². The third kappa shape index (κ3) is 4.22. The van der Waals surface area contributed by atoms with Gasteiger partial charge in [-0.15, -0.1) is 0 Å². The lowest BCUT2D eigenvalue weighted by molar-refractivity contribution is -0.138. The topological polar surface area (TPSA) is 49.4 Å². The average molecular weight is 397 g/mol. The highest BCUT2D eigenvalue weighted by Gasteiger charge is 2.33. The number of fused-ring (bicyclic) bond motifs is 1. The molecule has 4 rings (SSSR count). The van der Waals surface area contributed by atoms with Crippen molar-refractivity contribution in [3.05, 3.63) is 64.7 Å². The summed E-state index contributed by atoms with van der Waals surface area (Å²) < 4.78 is 0. The minimum atomic E-state index is -0.0261. The molecule has 2 amide bonds. The van der Waals surface area contributed by atoms with Crippen LogP contribution >= 0.6 is 11.6 Å². The predicted molar refractivity (Wildman–Crippen MR) is 111 cm³/mol. The number of hydrogen-bond acceptors (Lipinski definition) is 2. The number of rotatable bonds is 3. The smallest absolute Gasteiger partial charge is 0.227 e. The van der Waals surface area contributed by atoms with Crippen molar-refractivity contribution in [2.24, 2.45) is 11.8 Å². The largest absolute Gasteiger partial charge is 0.338 e. The van der Waals surface area contributed by atoms with Gasteiger partial charge in [0.25, 0.3) is 0 Å². The molecule has 2 aromatic rings. The Bertz CT molecular complexity index is 857. The number of amides is 2. The molecule has 0 radical (unpaired) electrons. The summed E-state index contributed by atoms with van der Waals surface area (Å²) in [5, 5.41) is 3.61. The Hall–Kier alpha value is -2.33. The summed E-state index contributed by atoms with van der Waals surface area (Å²) in [6, 6.07) is 15.5. The van der Waals surface area contributed by atoms with Crippen LogP contribution in [-0.4, -0.2) is 23.3 Å². The Labute approximate surface area is 170 Å². The van der Waals surface area contributed by atoms with E-state index in [9.17, 15) is 9.59 Å². The Morgan fingerprint density at radius 2 is 1.54 bits per heavy atom. The number of anilines is 1. The molecule has 28 heavy (non-hydrogen) atoms. The van der Waals surface area contributed by atoms with Gasteiger partial charge in [-0.2, -0.15) is 0 Å². The first-order valence-electron chi connectivity index (χ1n) is 10.0. The molecule has 146 valence electrons. The average Bonchev–Trinajstić information content (AvgIpc) is 2.74. The van der Waals surface area contributed by atoms with Gasteiger partial charge in [0.2, 0.25) is 11.8 Å². The fourth-order valence-electron chi connectivity index (χ4n) is 4.32. The number of carbonyl (C=O) groups is 2. The standard InChI is InChI=1S/C23H25ClN2O2/c24-20-9-11-21(12-10-20)25-22(27)17-5-7-18(8-6-17)23(28)26-14-13-16-3-1-2-4-19(16)15-26/h1-4,9-12,17-18H,5-8,13-15H2,(H,25,27). The SMILES string of the molecule is O=C(Nc1ccc(Cl)cc1)C1CCC(C(=O)N2CCc3ccccc3C2)CC1. The van der Waals surface area contributed by atoms with Crippen molar-refractivity contribution in [2.45, 2.75) is 38.6 Å². The van der Waals surface area contributed by atoms with E-state index in [-0.39, 0.29) is 23.7 Å². The second-order valence-corrected chi connectivity index (χ2v) is 8.26. The maximum Gasteiger partial charge on any atom is 0.227 e. The van der Waals surface area contributed by atoms with Crippen LogP contribution in [0.15, 0.2) is 48.5 Å². The molecule has 0 bridgehead atoms. The molecule has 1 heterocycles. The molecule has 2 aromatic carbocycles. The molecule has 0 spiro atoms. The van der Waals surface area contributed by atoms with Gasteiger partial charge in [0.15, 0.2) is 0 Å². The van der Waals surface area contributed by atoms with Gasteiger partial charge in [-0.25, -0.2) is 0 Å². The van der Waals surface area contributed by atoms with E-state index in [0.717, 1.165) is 44.3 Å². The Kier molecular flexibility index (Phi) is 5.67. The van der Waals surface area contributed by atoms with Crippen LogP contribution < -0.4 is 5.32 Å². The molecular weight excluding hydrogens is 372 g/mol. The highest BCUT2D eigenvalue weighted by molar-refractivity contribution is 6.30. The molecule has 1 saturated carbocycles. The van der Waals surface area contributed by atoms with Gasteiger partial charge in [0, 0.05) is 35.6 Å². The summed E-state index contributed by atoms with van der Waals surface area (Å²) in [5.74, 6) is 0.317. The number of benzene rings is 2. The van der Waals surface area contributed by atoms with Crippen molar-refractivity contribution in [2.75, 3.05) is 11.9 Å². The molecule has 0 unspecified atom stereocenters. The van der Waals surface area contributed by atoms with E-state index >= 15 is 0 Å². The third-order valence-corrected chi connectivity index (χ3v) is 6.25. The van der Waals surface area contributed by atoms with Crippen LogP contribution in [0.2, 0.25) is 5.02 Å². The quantitative estimate of drug-likeness (QED) is 0.819. The molecule has 1 aliphatic heterocycles. The molecule has 4 nitrogen and oxygen atoms in total. The lowest BCUT2D eigenvalue weighted by atomic mass is 9.80. The number of nitrogens with zero attached hydrogens (tertiary/aromatic N) is 1.